The first-order chi connectivity index (χ1) is 7.14. The van der Waals surface area contributed by atoms with E-state index < -0.39 is 0 Å². The highest BCUT2D eigenvalue weighted by atomic mass is 16.5. The normalized spacial score (nSPS) is 24.6. The van der Waals surface area contributed by atoms with Gasteiger partial charge < -0.3 is 10.1 Å². The summed E-state index contributed by atoms with van der Waals surface area (Å²) in [4.78, 5) is 0. The van der Waals surface area contributed by atoms with Crippen LogP contribution in [0.25, 0.3) is 0 Å². The van der Waals surface area contributed by atoms with Crippen molar-refractivity contribution in [1.29, 1.82) is 0 Å². The van der Waals surface area contributed by atoms with E-state index >= 15 is 0 Å². The SMILES string of the molecule is CCCCOCCNC1CCC(C)(C)C1. The fourth-order valence-electron chi connectivity index (χ4n) is 2.29. The number of ether oxygens (including phenoxy) is 1. The van der Waals surface area contributed by atoms with Crippen molar-refractivity contribution in [1.82, 2.24) is 5.32 Å². The van der Waals surface area contributed by atoms with Crippen molar-refractivity contribution in [3.63, 3.8) is 0 Å². The van der Waals surface area contributed by atoms with Gasteiger partial charge in [0.1, 0.15) is 0 Å². The molecule has 1 fully saturated rings. The van der Waals surface area contributed by atoms with Gasteiger partial charge in [0.05, 0.1) is 6.61 Å². The van der Waals surface area contributed by atoms with Gasteiger partial charge >= 0.3 is 0 Å². The lowest BCUT2D eigenvalue weighted by molar-refractivity contribution is 0.130. The van der Waals surface area contributed by atoms with Gasteiger partial charge in [-0.3, -0.25) is 0 Å². The van der Waals surface area contributed by atoms with E-state index in [0.29, 0.717) is 5.41 Å². The molecule has 2 heteroatoms. The molecule has 0 heterocycles. The van der Waals surface area contributed by atoms with E-state index in [1.165, 1.54) is 32.1 Å². The van der Waals surface area contributed by atoms with Crippen molar-refractivity contribution in [2.24, 2.45) is 5.41 Å². The summed E-state index contributed by atoms with van der Waals surface area (Å²) in [6, 6.07) is 0.731. The Hall–Kier alpha value is -0.0800. The second-order valence-electron chi connectivity index (χ2n) is 5.52. The standard InChI is InChI=1S/C13H27NO/c1-4-5-9-15-10-8-14-12-6-7-13(2,3)11-12/h12,14H,4-11H2,1-3H3. The quantitative estimate of drug-likeness (QED) is 0.656. The molecule has 0 radical (unpaired) electrons. The van der Waals surface area contributed by atoms with Crippen molar-refractivity contribution in [2.75, 3.05) is 19.8 Å². The summed E-state index contributed by atoms with van der Waals surface area (Å²) in [6.07, 6.45) is 6.44. The largest absolute Gasteiger partial charge is 0.380 e. The third kappa shape index (κ3) is 5.53. The first kappa shape index (κ1) is 13.0. The molecule has 1 aliphatic carbocycles. The summed E-state index contributed by atoms with van der Waals surface area (Å²) in [7, 11) is 0. The van der Waals surface area contributed by atoms with Crippen LogP contribution in [0.1, 0.15) is 52.9 Å². The number of hydrogen-bond acceptors (Lipinski definition) is 2. The van der Waals surface area contributed by atoms with Gasteiger partial charge in [-0.25, -0.2) is 0 Å². The molecule has 1 atom stereocenters. The average molecular weight is 213 g/mol. The predicted octanol–water partition coefficient (Wildman–Crippen LogP) is 2.97. The van der Waals surface area contributed by atoms with E-state index in [4.69, 9.17) is 4.74 Å². The van der Waals surface area contributed by atoms with E-state index in [-0.39, 0.29) is 0 Å². The summed E-state index contributed by atoms with van der Waals surface area (Å²) >= 11 is 0. The van der Waals surface area contributed by atoms with Gasteiger partial charge in [0.2, 0.25) is 0 Å². The second kappa shape index (κ2) is 6.49. The van der Waals surface area contributed by atoms with E-state index in [1.54, 1.807) is 0 Å². The molecule has 0 aromatic carbocycles. The van der Waals surface area contributed by atoms with E-state index in [1.807, 2.05) is 0 Å². The molecular formula is C13H27NO. The molecule has 0 bridgehead atoms. The van der Waals surface area contributed by atoms with Crippen LogP contribution in [0.4, 0.5) is 0 Å². The van der Waals surface area contributed by atoms with Gasteiger partial charge in [0.25, 0.3) is 0 Å². The maximum absolute atomic E-state index is 5.52. The molecule has 0 aliphatic heterocycles. The monoisotopic (exact) mass is 213 g/mol. The highest BCUT2D eigenvalue weighted by Crippen LogP contribution is 2.36. The van der Waals surface area contributed by atoms with E-state index in [2.05, 4.69) is 26.1 Å². The van der Waals surface area contributed by atoms with Gasteiger partial charge in [-0.05, 0) is 31.1 Å². The van der Waals surface area contributed by atoms with Crippen LogP contribution in [-0.4, -0.2) is 25.8 Å². The maximum Gasteiger partial charge on any atom is 0.0590 e. The highest BCUT2D eigenvalue weighted by Gasteiger charge is 2.30. The lowest BCUT2D eigenvalue weighted by Gasteiger charge is -2.17. The minimum absolute atomic E-state index is 0.556. The Morgan fingerprint density at radius 1 is 1.33 bits per heavy atom. The molecule has 2 nitrogen and oxygen atoms in total. The van der Waals surface area contributed by atoms with Gasteiger partial charge in [-0.2, -0.15) is 0 Å². The van der Waals surface area contributed by atoms with Gasteiger partial charge in [-0.1, -0.05) is 27.2 Å². The van der Waals surface area contributed by atoms with Crippen LogP contribution in [0.2, 0.25) is 0 Å². The predicted molar refractivity (Wildman–Crippen MR) is 65.1 cm³/mol. The topological polar surface area (TPSA) is 21.3 Å². The third-order valence-corrected chi connectivity index (χ3v) is 3.29. The summed E-state index contributed by atoms with van der Waals surface area (Å²) in [6.45, 7) is 9.75. The summed E-state index contributed by atoms with van der Waals surface area (Å²) < 4.78 is 5.52. The van der Waals surface area contributed by atoms with Crippen molar-refractivity contribution in [2.45, 2.75) is 58.9 Å². The number of unbranched alkanes of at least 4 members (excludes halogenated alkanes) is 1. The van der Waals surface area contributed by atoms with Crippen molar-refractivity contribution in [3.05, 3.63) is 0 Å². The van der Waals surface area contributed by atoms with Crippen LogP contribution >= 0.6 is 0 Å². The molecule has 0 aromatic heterocycles. The number of nitrogens with one attached hydrogen (secondary N) is 1. The van der Waals surface area contributed by atoms with Crippen molar-refractivity contribution >= 4 is 0 Å². The average Bonchev–Trinajstić information content (AvgIpc) is 2.52. The molecule has 1 rings (SSSR count). The molecule has 0 amide bonds. The first-order valence-corrected chi connectivity index (χ1v) is 6.45. The molecule has 15 heavy (non-hydrogen) atoms. The third-order valence-electron chi connectivity index (χ3n) is 3.29. The fourth-order valence-corrected chi connectivity index (χ4v) is 2.29. The van der Waals surface area contributed by atoms with Crippen LogP contribution in [0.15, 0.2) is 0 Å². The van der Waals surface area contributed by atoms with E-state index in [9.17, 15) is 0 Å². The van der Waals surface area contributed by atoms with Crippen LogP contribution in [0.5, 0.6) is 0 Å². The van der Waals surface area contributed by atoms with Gasteiger partial charge in [-0.15, -0.1) is 0 Å². The molecule has 0 saturated heterocycles. The summed E-state index contributed by atoms with van der Waals surface area (Å²) in [5, 5.41) is 3.59. The Kier molecular flexibility index (Phi) is 5.62. The zero-order valence-corrected chi connectivity index (χ0v) is 10.6. The zero-order valence-electron chi connectivity index (χ0n) is 10.6. The Balaban J connectivity index is 1.93. The number of rotatable bonds is 7. The molecule has 1 saturated carbocycles. The van der Waals surface area contributed by atoms with Crippen LogP contribution < -0.4 is 5.32 Å². The minimum Gasteiger partial charge on any atom is -0.380 e. The Morgan fingerprint density at radius 2 is 2.13 bits per heavy atom. The molecular weight excluding hydrogens is 186 g/mol. The van der Waals surface area contributed by atoms with E-state index in [0.717, 1.165) is 25.8 Å². The minimum atomic E-state index is 0.556. The summed E-state index contributed by atoms with van der Waals surface area (Å²) in [5.41, 5.74) is 0.556. The Bertz CT molecular complexity index is 168. The smallest absolute Gasteiger partial charge is 0.0590 e. The molecule has 1 aliphatic rings. The molecule has 1 unspecified atom stereocenters. The van der Waals surface area contributed by atoms with Gasteiger partial charge in [0.15, 0.2) is 0 Å². The lowest BCUT2D eigenvalue weighted by atomic mass is 9.92. The van der Waals surface area contributed by atoms with Gasteiger partial charge in [0, 0.05) is 19.2 Å². The van der Waals surface area contributed by atoms with Crippen LogP contribution in [-0.2, 0) is 4.74 Å². The van der Waals surface area contributed by atoms with Crippen molar-refractivity contribution < 1.29 is 4.74 Å². The molecule has 1 N–H and O–H groups in total. The lowest BCUT2D eigenvalue weighted by Crippen LogP contribution is -2.30. The van der Waals surface area contributed by atoms with Crippen LogP contribution in [0, 0.1) is 5.41 Å². The number of hydrogen-bond donors (Lipinski definition) is 1. The maximum atomic E-state index is 5.52. The van der Waals surface area contributed by atoms with Crippen molar-refractivity contribution in [3.8, 4) is 0 Å². The first-order valence-electron chi connectivity index (χ1n) is 6.45. The second-order valence-corrected chi connectivity index (χ2v) is 5.52. The summed E-state index contributed by atoms with van der Waals surface area (Å²) in [5.74, 6) is 0. The fraction of sp³-hybridized carbons (Fsp3) is 1.00. The Morgan fingerprint density at radius 3 is 2.73 bits per heavy atom. The molecule has 0 aromatic rings. The van der Waals surface area contributed by atoms with Crippen LogP contribution in [0.3, 0.4) is 0 Å². The zero-order chi connectivity index (χ0) is 11.1. The highest BCUT2D eigenvalue weighted by molar-refractivity contribution is 4.86. The molecule has 0 spiro atoms. The molecule has 90 valence electrons. The Labute approximate surface area is 94.8 Å².